The monoisotopic (exact) mass is 278 g/mol. The summed E-state index contributed by atoms with van der Waals surface area (Å²) in [5.41, 5.74) is 8.65. The van der Waals surface area contributed by atoms with Crippen LogP contribution in [0.1, 0.15) is 17.2 Å². The van der Waals surface area contributed by atoms with Crippen LogP contribution in [0.4, 0.5) is 10.1 Å². The number of nitrogens with two attached hydrogens (primary N) is 1. The fraction of sp³-hybridized carbons (Fsp3) is 0.200. The van der Waals surface area contributed by atoms with E-state index in [1.54, 1.807) is 12.1 Å². The summed E-state index contributed by atoms with van der Waals surface area (Å²) in [6.45, 7) is 2.36. The van der Waals surface area contributed by atoms with Crippen LogP contribution in [0.5, 0.6) is 0 Å². The summed E-state index contributed by atoms with van der Waals surface area (Å²) >= 11 is 6.09. The molecule has 0 amide bonds. The van der Waals surface area contributed by atoms with Gasteiger partial charge in [0.25, 0.3) is 0 Å². The molecule has 0 spiro atoms. The Bertz CT molecular complexity index is 555. The molecule has 0 aromatic heterocycles. The van der Waals surface area contributed by atoms with E-state index in [1.165, 1.54) is 12.1 Å². The zero-order valence-corrected chi connectivity index (χ0v) is 11.4. The van der Waals surface area contributed by atoms with E-state index in [4.69, 9.17) is 17.3 Å². The molecular weight excluding hydrogens is 263 g/mol. The molecule has 0 bridgehead atoms. The fourth-order valence-corrected chi connectivity index (χ4v) is 2.10. The number of hydrogen-bond acceptors (Lipinski definition) is 2. The third-order valence-electron chi connectivity index (χ3n) is 3.11. The molecule has 0 aliphatic heterocycles. The smallest absolute Gasteiger partial charge is 0.123 e. The molecule has 0 radical (unpaired) electrons. The van der Waals surface area contributed by atoms with E-state index in [2.05, 4.69) is 5.32 Å². The maximum atomic E-state index is 12.9. The second kappa shape index (κ2) is 6.04. The van der Waals surface area contributed by atoms with E-state index in [9.17, 15) is 4.39 Å². The van der Waals surface area contributed by atoms with Gasteiger partial charge >= 0.3 is 0 Å². The molecule has 0 heterocycles. The van der Waals surface area contributed by atoms with Gasteiger partial charge in [0.1, 0.15) is 5.82 Å². The van der Waals surface area contributed by atoms with Gasteiger partial charge in [-0.3, -0.25) is 0 Å². The van der Waals surface area contributed by atoms with Crippen molar-refractivity contribution in [3.8, 4) is 0 Å². The molecule has 0 saturated heterocycles. The molecule has 2 aromatic rings. The van der Waals surface area contributed by atoms with E-state index in [0.29, 0.717) is 11.6 Å². The Hall–Kier alpha value is -1.58. The van der Waals surface area contributed by atoms with Gasteiger partial charge in [0.2, 0.25) is 0 Å². The molecule has 100 valence electrons. The van der Waals surface area contributed by atoms with Crippen LogP contribution < -0.4 is 11.1 Å². The highest BCUT2D eigenvalue weighted by Crippen LogP contribution is 2.26. The van der Waals surface area contributed by atoms with Crippen molar-refractivity contribution in [2.45, 2.75) is 13.0 Å². The summed E-state index contributed by atoms with van der Waals surface area (Å²) in [6.07, 6.45) is 0. The van der Waals surface area contributed by atoms with Crippen LogP contribution in [-0.4, -0.2) is 6.54 Å². The van der Waals surface area contributed by atoms with Crippen LogP contribution >= 0.6 is 11.6 Å². The zero-order chi connectivity index (χ0) is 13.8. The standard InChI is InChI=1S/C15H16ClFN2/c1-10-13(16)3-2-4-14(10)19-15(9-18)11-5-7-12(17)8-6-11/h2-8,15,19H,9,18H2,1H3. The predicted molar refractivity (Wildman–Crippen MR) is 78.0 cm³/mol. The summed E-state index contributed by atoms with van der Waals surface area (Å²) in [5.74, 6) is -0.251. The maximum absolute atomic E-state index is 12.9. The van der Waals surface area contributed by atoms with Crippen LogP contribution in [0.15, 0.2) is 42.5 Å². The van der Waals surface area contributed by atoms with Gasteiger partial charge in [0.15, 0.2) is 0 Å². The first-order valence-corrected chi connectivity index (χ1v) is 6.47. The minimum Gasteiger partial charge on any atom is -0.377 e. The van der Waals surface area contributed by atoms with Gasteiger partial charge in [-0.2, -0.15) is 0 Å². The molecule has 2 rings (SSSR count). The summed E-state index contributed by atoms with van der Waals surface area (Å²) in [4.78, 5) is 0. The maximum Gasteiger partial charge on any atom is 0.123 e. The van der Waals surface area contributed by atoms with Crippen molar-refractivity contribution < 1.29 is 4.39 Å². The van der Waals surface area contributed by atoms with Crippen molar-refractivity contribution >= 4 is 17.3 Å². The van der Waals surface area contributed by atoms with Crippen molar-refractivity contribution in [3.63, 3.8) is 0 Å². The summed E-state index contributed by atoms with van der Waals surface area (Å²) in [5, 5.41) is 4.05. The number of anilines is 1. The molecule has 0 fully saturated rings. The lowest BCUT2D eigenvalue weighted by atomic mass is 10.1. The second-order valence-corrected chi connectivity index (χ2v) is 4.80. The van der Waals surface area contributed by atoms with Crippen LogP contribution in [0.3, 0.4) is 0 Å². The highest BCUT2D eigenvalue weighted by Gasteiger charge is 2.11. The van der Waals surface area contributed by atoms with E-state index in [0.717, 1.165) is 16.8 Å². The predicted octanol–water partition coefficient (Wildman–Crippen LogP) is 3.90. The van der Waals surface area contributed by atoms with E-state index in [-0.39, 0.29) is 11.9 Å². The van der Waals surface area contributed by atoms with Gasteiger partial charge in [-0.1, -0.05) is 29.8 Å². The van der Waals surface area contributed by atoms with Crippen molar-refractivity contribution in [1.82, 2.24) is 0 Å². The van der Waals surface area contributed by atoms with Crippen LogP contribution in [0.2, 0.25) is 5.02 Å². The van der Waals surface area contributed by atoms with E-state index < -0.39 is 0 Å². The van der Waals surface area contributed by atoms with Crippen LogP contribution in [-0.2, 0) is 0 Å². The topological polar surface area (TPSA) is 38.0 Å². The third-order valence-corrected chi connectivity index (χ3v) is 3.51. The van der Waals surface area contributed by atoms with Crippen LogP contribution in [0.25, 0.3) is 0 Å². The Kier molecular flexibility index (Phi) is 4.40. The third kappa shape index (κ3) is 3.25. The lowest BCUT2D eigenvalue weighted by molar-refractivity contribution is 0.626. The minimum atomic E-state index is -0.251. The van der Waals surface area contributed by atoms with E-state index in [1.807, 2.05) is 25.1 Å². The van der Waals surface area contributed by atoms with Gasteiger partial charge in [-0.25, -0.2) is 4.39 Å². The molecule has 0 saturated carbocycles. The molecule has 2 nitrogen and oxygen atoms in total. The molecule has 0 aliphatic rings. The number of nitrogens with one attached hydrogen (secondary N) is 1. The zero-order valence-electron chi connectivity index (χ0n) is 10.7. The number of benzene rings is 2. The average Bonchev–Trinajstić information content (AvgIpc) is 2.42. The average molecular weight is 279 g/mol. The highest BCUT2D eigenvalue weighted by atomic mass is 35.5. The molecule has 0 aliphatic carbocycles. The quantitative estimate of drug-likeness (QED) is 0.890. The SMILES string of the molecule is Cc1c(Cl)cccc1NC(CN)c1ccc(F)cc1. The summed E-state index contributed by atoms with van der Waals surface area (Å²) in [6, 6.07) is 12.0. The highest BCUT2D eigenvalue weighted by molar-refractivity contribution is 6.31. The van der Waals surface area contributed by atoms with Gasteiger partial charge in [0, 0.05) is 17.3 Å². The Morgan fingerprint density at radius 3 is 2.53 bits per heavy atom. The summed E-state index contributed by atoms with van der Waals surface area (Å²) < 4.78 is 12.9. The summed E-state index contributed by atoms with van der Waals surface area (Å²) in [7, 11) is 0. The normalized spacial score (nSPS) is 12.2. The number of hydrogen-bond donors (Lipinski definition) is 2. The number of rotatable bonds is 4. The van der Waals surface area contributed by atoms with Gasteiger partial charge in [-0.15, -0.1) is 0 Å². The molecular formula is C15H16ClFN2. The van der Waals surface area contributed by atoms with Gasteiger partial charge < -0.3 is 11.1 Å². The molecule has 1 unspecified atom stereocenters. The molecule has 4 heteroatoms. The van der Waals surface area contributed by atoms with Crippen molar-refractivity contribution in [2.75, 3.05) is 11.9 Å². The Balaban J connectivity index is 2.24. The minimum absolute atomic E-state index is 0.0715. The first-order chi connectivity index (χ1) is 9.11. The molecule has 2 aromatic carbocycles. The second-order valence-electron chi connectivity index (χ2n) is 4.40. The lowest BCUT2D eigenvalue weighted by Crippen LogP contribution is -2.21. The Labute approximate surface area is 117 Å². The first-order valence-electron chi connectivity index (χ1n) is 6.09. The van der Waals surface area contributed by atoms with Crippen molar-refractivity contribution in [3.05, 3.63) is 64.4 Å². The first kappa shape index (κ1) is 13.8. The van der Waals surface area contributed by atoms with E-state index >= 15 is 0 Å². The fourth-order valence-electron chi connectivity index (χ4n) is 1.92. The van der Waals surface area contributed by atoms with Gasteiger partial charge in [0.05, 0.1) is 6.04 Å². The molecule has 3 N–H and O–H groups in total. The number of halogens is 2. The van der Waals surface area contributed by atoms with Crippen LogP contribution in [0, 0.1) is 12.7 Å². The van der Waals surface area contributed by atoms with Gasteiger partial charge in [-0.05, 0) is 42.3 Å². The Morgan fingerprint density at radius 2 is 1.89 bits per heavy atom. The largest absolute Gasteiger partial charge is 0.377 e. The lowest BCUT2D eigenvalue weighted by Gasteiger charge is -2.20. The molecule has 19 heavy (non-hydrogen) atoms. The Morgan fingerprint density at radius 1 is 1.21 bits per heavy atom. The molecule has 1 atom stereocenters. The van der Waals surface area contributed by atoms with Crippen molar-refractivity contribution in [1.29, 1.82) is 0 Å². The van der Waals surface area contributed by atoms with Crippen molar-refractivity contribution in [2.24, 2.45) is 5.73 Å².